The number of hydrogen-bond donors (Lipinski definition) is 1. The third-order valence-corrected chi connectivity index (χ3v) is 3.82. The van der Waals surface area contributed by atoms with Gasteiger partial charge in [-0.25, -0.2) is 4.79 Å². The highest BCUT2D eigenvalue weighted by Gasteiger charge is 2.37. The predicted octanol–water partition coefficient (Wildman–Crippen LogP) is 1.75. The number of rotatable bonds is 4. The first kappa shape index (κ1) is 16.8. The molecular formula is C16H27N3O3. The van der Waals surface area contributed by atoms with E-state index in [0.29, 0.717) is 13.1 Å². The quantitative estimate of drug-likeness (QED) is 0.920. The van der Waals surface area contributed by atoms with Crippen LogP contribution < -0.4 is 5.32 Å². The fraction of sp³-hybridized carbons (Fsp3) is 0.688. The molecule has 0 aliphatic carbocycles. The molecule has 6 nitrogen and oxygen atoms in total. The first-order valence-electron chi connectivity index (χ1n) is 7.64. The zero-order valence-corrected chi connectivity index (χ0v) is 14.1. The van der Waals surface area contributed by atoms with Crippen molar-refractivity contribution in [1.29, 1.82) is 0 Å². The Morgan fingerprint density at radius 1 is 1.41 bits per heavy atom. The van der Waals surface area contributed by atoms with Gasteiger partial charge in [-0.1, -0.05) is 0 Å². The summed E-state index contributed by atoms with van der Waals surface area (Å²) in [6, 6.07) is 4.20. The van der Waals surface area contributed by atoms with Crippen molar-refractivity contribution in [2.24, 2.45) is 7.05 Å². The van der Waals surface area contributed by atoms with E-state index in [0.717, 1.165) is 6.54 Å². The summed E-state index contributed by atoms with van der Waals surface area (Å²) in [5, 5.41) is 3.48. The van der Waals surface area contributed by atoms with E-state index in [1.54, 1.807) is 12.0 Å². The average Bonchev–Trinajstić information content (AvgIpc) is 3.00. The molecule has 0 bridgehead atoms. The van der Waals surface area contributed by atoms with E-state index in [1.165, 1.54) is 5.69 Å². The number of ether oxygens (including phenoxy) is 2. The van der Waals surface area contributed by atoms with E-state index in [2.05, 4.69) is 16.0 Å². The fourth-order valence-corrected chi connectivity index (χ4v) is 2.60. The van der Waals surface area contributed by atoms with E-state index < -0.39 is 5.60 Å². The lowest BCUT2D eigenvalue weighted by molar-refractivity contribution is 0.0252. The monoisotopic (exact) mass is 309 g/mol. The lowest BCUT2D eigenvalue weighted by Crippen LogP contribution is -2.40. The molecule has 1 N–H and O–H groups in total. The first-order valence-corrected chi connectivity index (χ1v) is 7.64. The van der Waals surface area contributed by atoms with Crippen LogP contribution in [0.4, 0.5) is 4.79 Å². The number of aromatic nitrogens is 1. The van der Waals surface area contributed by atoms with Crippen molar-refractivity contribution >= 4 is 6.09 Å². The van der Waals surface area contributed by atoms with Crippen molar-refractivity contribution in [3.05, 3.63) is 24.0 Å². The minimum Gasteiger partial charge on any atom is -0.444 e. The van der Waals surface area contributed by atoms with Crippen molar-refractivity contribution in [2.75, 3.05) is 20.2 Å². The Labute approximate surface area is 132 Å². The average molecular weight is 309 g/mol. The lowest BCUT2D eigenvalue weighted by Gasteiger charge is -2.24. The van der Waals surface area contributed by atoms with Crippen LogP contribution in [0, 0.1) is 0 Å². The normalized spacial score (nSPS) is 22.1. The number of nitrogens with one attached hydrogen (secondary N) is 1. The molecule has 2 heterocycles. The highest BCUT2D eigenvalue weighted by Crippen LogP contribution is 2.18. The van der Waals surface area contributed by atoms with Crippen LogP contribution in [-0.2, 0) is 23.1 Å². The highest BCUT2D eigenvalue weighted by atomic mass is 16.6. The van der Waals surface area contributed by atoms with Crippen molar-refractivity contribution in [3.63, 3.8) is 0 Å². The van der Waals surface area contributed by atoms with Crippen molar-refractivity contribution in [3.8, 4) is 0 Å². The van der Waals surface area contributed by atoms with Gasteiger partial charge in [-0.2, -0.15) is 0 Å². The van der Waals surface area contributed by atoms with E-state index in [-0.39, 0.29) is 18.2 Å². The summed E-state index contributed by atoms with van der Waals surface area (Å²) in [6.45, 7) is 7.52. The minimum atomic E-state index is -0.478. The first-order chi connectivity index (χ1) is 10.3. The Morgan fingerprint density at radius 3 is 2.68 bits per heavy atom. The van der Waals surface area contributed by atoms with Crippen LogP contribution in [0.25, 0.3) is 0 Å². The van der Waals surface area contributed by atoms with Gasteiger partial charge in [-0.05, 0) is 32.9 Å². The van der Waals surface area contributed by atoms with Gasteiger partial charge in [0, 0.05) is 39.1 Å². The fourth-order valence-electron chi connectivity index (χ4n) is 2.60. The maximum Gasteiger partial charge on any atom is 0.410 e. The second-order valence-corrected chi connectivity index (χ2v) is 6.76. The molecule has 1 aromatic heterocycles. The number of hydrogen-bond acceptors (Lipinski definition) is 4. The van der Waals surface area contributed by atoms with Gasteiger partial charge in [0.25, 0.3) is 0 Å². The summed E-state index contributed by atoms with van der Waals surface area (Å²) in [5.41, 5.74) is 0.722. The van der Waals surface area contributed by atoms with Crippen LogP contribution in [-0.4, -0.2) is 53.5 Å². The molecule has 22 heavy (non-hydrogen) atoms. The predicted molar refractivity (Wildman–Crippen MR) is 84.6 cm³/mol. The maximum atomic E-state index is 12.2. The van der Waals surface area contributed by atoms with Gasteiger partial charge in [-0.3, -0.25) is 0 Å². The summed E-state index contributed by atoms with van der Waals surface area (Å²) >= 11 is 0. The molecular weight excluding hydrogens is 282 g/mol. The number of aryl methyl sites for hydroxylation is 1. The Balaban J connectivity index is 1.92. The zero-order valence-electron chi connectivity index (χ0n) is 14.1. The second-order valence-electron chi connectivity index (χ2n) is 6.76. The van der Waals surface area contributed by atoms with Crippen LogP contribution in [0.15, 0.2) is 18.3 Å². The number of amides is 1. The summed E-state index contributed by atoms with van der Waals surface area (Å²) in [4.78, 5) is 13.9. The summed E-state index contributed by atoms with van der Waals surface area (Å²) in [7, 11) is 3.70. The Bertz CT molecular complexity index is 507. The molecule has 124 valence electrons. The van der Waals surface area contributed by atoms with Gasteiger partial charge in [0.1, 0.15) is 5.60 Å². The molecule has 6 heteroatoms. The molecule has 2 atom stereocenters. The molecule has 1 fully saturated rings. The minimum absolute atomic E-state index is 0.0206. The number of methoxy groups -OCH3 is 1. The van der Waals surface area contributed by atoms with Gasteiger partial charge < -0.3 is 24.3 Å². The van der Waals surface area contributed by atoms with Crippen molar-refractivity contribution < 1.29 is 14.3 Å². The molecule has 1 aromatic rings. The van der Waals surface area contributed by atoms with Crippen LogP contribution in [0.2, 0.25) is 0 Å². The molecule has 0 saturated carbocycles. The Kier molecular flexibility index (Phi) is 5.13. The van der Waals surface area contributed by atoms with E-state index in [9.17, 15) is 4.79 Å². The standard InChI is InChI=1S/C16H27N3O3/c1-16(2,3)22-15(20)19-10-13(14(11-19)21-5)17-9-12-7-6-8-18(12)4/h6-8,13-14,17H,9-11H2,1-5H3/t13?,14-/m0/s1. The van der Waals surface area contributed by atoms with Crippen LogP contribution in [0.1, 0.15) is 26.5 Å². The largest absolute Gasteiger partial charge is 0.444 e. The lowest BCUT2D eigenvalue weighted by atomic mass is 10.2. The van der Waals surface area contributed by atoms with Gasteiger partial charge in [0.2, 0.25) is 0 Å². The molecule has 1 amide bonds. The van der Waals surface area contributed by atoms with Gasteiger partial charge in [0.15, 0.2) is 0 Å². The van der Waals surface area contributed by atoms with Gasteiger partial charge >= 0.3 is 6.09 Å². The second kappa shape index (κ2) is 6.71. The van der Waals surface area contributed by atoms with E-state index in [4.69, 9.17) is 9.47 Å². The van der Waals surface area contributed by atoms with Gasteiger partial charge in [0.05, 0.1) is 18.7 Å². The molecule has 1 saturated heterocycles. The molecule has 0 aromatic carbocycles. The summed E-state index contributed by atoms with van der Waals surface area (Å²) in [5.74, 6) is 0. The molecule has 1 aliphatic rings. The third-order valence-electron chi connectivity index (χ3n) is 3.82. The highest BCUT2D eigenvalue weighted by molar-refractivity contribution is 5.68. The van der Waals surface area contributed by atoms with E-state index >= 15 is 0 Å². The van der Waals surface area contributed by atoms with E-state index in [1.807, 2.05) is 40.1 Å². The molecule has 0 radical (unpaired) electrons. The number of nitrogens with zero attached hydrogens (tertiary/aromatic N) is 2. The smallest absolute Gasteiger partial charge is 0.410 e. The third kappa shape index (κ3) is 4.24. The SMILES string of the molecule is CO[C@H]1CN(C(=O)OC(C)(C)C)CC1NCc1cccn1C. The molecule has 0 spiro atoms. The number of likely N-dealkylation sites (tertiary alicyclic amines) is 1. The number of carbonyl (C=O) groups is 1. The zero-order chi connectivity index (χ0) is 16.3. The Hall–Kier alpha value is -1.53. The summed E-state index contributed by atoms with van der Waals surface area (Å²) < 4.78 is 13.0. The van der Waals surface area contributed by atoms with Crippen LogP contribution >= 0.6 is 0 Å². The topological polar surface area (TPSA) is 55.7 Å². The molecule has 2 rings (SSSR count). The Morgan fingerprint density at radius 2 is 2.14 bits per heavy atom. The molecule has 1 unspecified atom stereocenters. The van der Waals surface area contributed by atoms with Crippen molar-refractivity contribution in [2.45, 2.75) is 45.1 Å². The molecule has 1 aliphatic heterocycles. The van der Waals surface area contributed by atoms with Crippen molar-refractivity contribution in [1.82, 2.24) is 14.8 Å². The van der Waals surface area contributed by atoms with Crippen LogP contribution in [0.5, 0.6) is 0 Å². The summed E-state index contributed by atoms with van der Waals surface area (Å²) in [6.07, 6.45) is 1.72. The van der Waals surface area contributed by atoms with Gasteiger partial charge in [-0.15, -0.1) is 0 Å². The maximum absolute atomic E-state index is 12.2. The van der Waals surface area contributed by atoms with Crippen LogP contribution in [0.3, 0.4) is 0 Å². The number of carbonyl (C=O) groups excluding carboxylic acids is 1.